The van der Waals surface area contributed by atoms with Crippen LogP contribution in [0.1, 0.15) is 31.3 Å². The van der Waals surface area contributed by atoms with Gasteiger partial charge >= 0.3 is 0 Å². The number of anilines is 2. The van der Waals surface area contributed by atoms with Crippen LogP contribution in [0.3, 0.4) is 0 Å². The Kier molecular flexibility index (Phi) is 7.49. The maximum atomic E-state index is 15.0. The number of aryl methyl sites for hydroxylation is 1. The number of rotatable bonds is 7. The minimum Gasteiger partial charge on any atom is -0.339 e. The Morgan fingerprint density at radius 3 is 2.49 bits per heavy atom. The van der Waals surface area contributed by atoms with Crippen LogP contribution in [0.4, 0.5) is 20.5 Å². The van der Waals surface area contributed by atoms with Gasteiger partial charge in [0.05, 0.1) is 18.3 Å². The standard InChI is InChI=1S/C27H31F2N9O/c1-16(2)38-17(3)33-26-20(28)10-19(11-22(26)38)25-21(29)14-32-27(35-25)34-23-5-4-18(13-31-23)15-36-6-8-37(9-7-36)24(39)12-30/h4-5,10-11,13-14,16H,6-9,12,15,30H2,1-3H3,(H,31,32,34,35). The van der Waals surface area contributed by atoms with Crippen molar-refractivity contribution in [3.05, 3.63) is 59.7 Å². The lowest BCUT2D eigenvalue weighted by Crippen LogP contribution is -2.49. The molecule has 0 saturated carbocycles. The van der Waals surface area contributed by atoms with E-state index in [0.29, 0.717) is 42.4 Å². The molecular formula is C27H31F2N9O. The number of piperazine rings is 1. The van der Waals surface area contributed by atoms with E-state index < -0.39 is 11.6 Å². The molecule has 4 aromatic rings. The fraction of sp³-hybridized carbons (Fsp3) is 0.370. The molecule has 10 nitrogen and oxygen atoms in total. The number of nitrogens with two attached hydrogens (primary N) is 1. The van der Waals surface area contributed by atoms with Crippen molar-refractivity contribution in [3.8, 4) is 11.3 Å². The molecule has 1 aliphatic heterocycles. The van der Waals surface area contributed by atoms with E-state index in [9.17, 15) is 13.6 Å². The monoisotopic (exact) mass is 535 g/mol. The molecular weight excluding hydrogens is 504 g/mol. The zero-order chi connectivity index (χ0) is 27.7. The van der Waals surface area contributed by atoms with Gasteiger partial charge in [-0.3, -0.25) is 9.69 Å². The van der Waals surface area contributed by atoms with E-state index in [1.54, 1.807) is 23.2 Å². The molecule has 1 fully saturated rings. The van der Waals surface area contributed by atoms with E-state index in [1.165, 1.54) is 6.07 Å². The van der Waals surface area contributed by atoms with Gasteiger partial charge in [0.2, 0.25) is 11.9 Å². The molecule has 0 unspecified atom stereocenters. The van der Waals surface area contributed by atoms with Crippen LogP contribution in [0.15, 0.2) is 36.7 Å². The first-order valence-electron chi connectivity index (χ1n) is 12.9. The average molecular weight is 536 g/mol. The molecule has 5 rings (SSSR count). The summed E-state index contributed by atoms with van der Waals surface area (Å²) in [6.45, 7) is 9.36. The van der Waals surface area contributed by atoms with Crippen molar-refractivity contribution < 1.29 is 13.6 Å². The lowest BCUT2D eigenvalue weighted by atomic mass is 10.1. The fourth-order valence-corrected chi connectivity index (χ4v) is 4.94. The highest BCUT2D eigenvalue weighted by molar-refractivity contribution is 5.83. The third kappa shape index (κ3) is 5.57. The minimum atomic E-state index is -0.664. The van der Waals surface area contributed by atoms with Crippen LogP contribution in [0.2, 0.25) is 0 Å². The van der Waals surface area contributed by atoms with E-state index in [4.69, 9.17) is 5.73 Å². The molecule has 0 atom stereocenters. The third-order valence-corrected chi connectivity index (χ3v) is 6.83. The Morgan fingerprint density at radius 2 is 1.82 bits per heavy atom. The van der Waals surface area contributed by atoms with Gasteiger partial charge in [0.25, 0.3) is 0 Å². The zero-order valence-corrected chi connectivity index (χ0v) is 22.2. The number of hydrogen-bond acceptors (Lipinski definition) is 8. The van der Waals surface area contributed by atoms with Crippen LogP contribution in [0, 0.1) is 18.6 Å². The van der Waals surface area contributed by atoms with Crippen molar-refractivity contribution in [3.63, 3.8) is 0 Å². The predicted molar refractivity (Wildman–Crippen MR) is 144 cm³/mol. The topological polar surface area (TPSA) is 118 Å². The number of carbonyl (C=O) groups is 1. The molecule has 1 saturated heterocycles. The van der Waals surface area contributed by atoms with E-state index in [-0.39, 0.29) is 35.7 Å². The summed E-state index contributed by atoms with van der Waals surface area (Å²) >= 11 is 0. The maximum absolute atomic E-state index is 15.0. The van der Waals surface area contributed by atoms with Crippen LogP contribution in [0.25, 0.3) is 22.3 Å². The van der Waals surface area contributed by atoms with Crippen molar-refractivity contribution in [1.82, 2.24) is 34.3 Å². The average Bonchev–Trinajstić information content (AvgIpc) is 3.27. The second-order valence-electron chi connectivity index (χ2n) is 9.88. The van der Waals surface area contributed by atoms with Gasteiger partial charge in [-0.1, -0.05) is 6.07 Å². The van der Waals surface area contributed by atoms with Gasteiger partial charge in [-0.2, -0.15) is 0 Å². The van der Waals surface area contributed by atoms with Crippen molar-refractivity contribution in [2.24, 2.45) is 5.73 Å². The number of imidazole rings is 1. The minimum absolute atomic E-state index is 0.0219. The number of benzene rings is 1. The van der Waals surface area contributed by atoms with Gasteiger partial charge in [0, 0.05) is 50.5 Å². The number of hydrogen-bond donors (Lipinski definition) is 2. The lowest BCUT2D eigenvalue weighted by molar-refractivity contribution is -0.131. The largest absolute Gasteiger partial charge is 0.339 e. The second-order valence-corrected chi connectivity index (χ2v) is 9.88. The number of halogens is 2. The third-order valence-electron chi connectivity index (χ3n) is 6.83. The summed E-state index contributed by atoms with van der Waals surface area (Å²) in [6.07, 6.45) is 2.81. The lowest BCUT2D eigenvalue weighted by Gasteiger charge is -2.34. The Labute approximate surface area is 224 Å². The second kappa shape index (κ2) is 11.0. The van der Waals surface area contributed by atoms with Crippen LogP contribution in [0.5, 0.6) is 0 Å². The molecule has 0 radical (unpaired) electrons. The van der Waals surface area contributed by atoms with Gasteiger partial charge in [0.1, 0.15) is 22.9 Å². The molecule has 12 heteroatoms. The van der Waals surface area contributed by atoms with Crippen molar-refractivity contribution in [2.75, 3.05) is 38.0 Å². The first-order valence-corrected chi connectivity index (χ1v) is 12.9. The summed E-state index contributed by atoms with van der Waals surface area (Å²) in [5, 5.41) is 3.00. The summed E-state index contributed by atoms with van der Waals surface area (Å²) in [6, 6.07) is 6.73. The number of pyridine rings is 1. The van der Waals surface area contributed by atoms with Crippen LogP contribution in [-0.4, -0.2) is 72.9 Å². The van der Waals surface area contributed by atoms with Gasteiger partial charge < -0.3 is 20.5 Å². The normalized spacial score (nSPS) is 14.4. The number of carbonyl (C=O) groups excluding carboxylic acids is 1. The van der Waals surface area contributed by atoms with Crippen molar-refractivity contribution >= 4 is 28.7 Å². The Bertz CT molecular complexity index is 1500. The molecule has 3 N–H and O–H groups in total. The van der Waals surface area contributed by atoms with Crippen LogP contribution >= 0.6 is 0 Å². The van der Waals surface area contributed by atoms with E-state index >= 15 is 0 Å². The summed E-state index contributed by atoms with van der Waals surface area (Å²) < 4.78 is 31.7. The molecule has 3 aromatic heterocycles. The van der Waals surface area contributed by atoms with Crippen LogP contribution in [-0.2, 0) is 11.3 Å². The SMILES string of the molecule is Cc1nc2c(F)cc(-c3nc(Nc4ccc(CN5CCN(C(=O)CN)CC5)cn4)ncc3F)cc2n1C(C)C. The van der Waals surface area contributed by atoms with Gasteiger partial charge in [-0.15, -0.1) is 0 Å². The molecule has 1 amide bonds. The molecule has 1 aromatic carbocycles. The highest BCUT2D eigenvalue weighted by Gasteiger charge is 2.21. The smallest absolute Gasteiger partial charge is 0.236 e. The number of nitrogens with one attached hydrogen (secondary N) is 1. The van der Waals surface area contributed by atoms with E-state index in [2.05, 4.69) is 30.2 Å². The summed E-state index contributed by atoms with van der Waals surface area (Å²) in [4.78, 5) is 32.9. The Morgan fingerprint density at radius 1 is 1.05 bits per heavy atom. The molecule has 0 aliphatic carbocycles. The van der Waals surface area contributed by atoms with Crippen LogP contribution < -0.4 is 11.1 Å². The first kappa shape index (κ1) is 26.6. The molecule has 204 valence electrons. The number of amides is 1. The Balaban J connectivity index is 1.31. The maximum Gasteiger partial charge on any atom is 0.236 e. The van der Waals surface area contributed by atoms with Crippen molar-refractivity contribution in [1.29, 1.82) is 0 Å². The summed E-state index contributed by atoms with van der Waals surface area (Å²) in [5.41, 5.74) is 7.56. The Hall–Kier alpha value is -4.03. The predicted octanol–water partition coefficient (Wildman–Crippen LogP) is 3.40. The number of fused-ring (bicyclic) bond motifs is 1. The van der Waals surface area contributed by atoms with Gasteiger partial charge in [-0.25, -0.2) is 28.7 Å². The zero-order valence-electron chi connectivity index (χ0n) is 22.2. The van der Waals surface area contributed by atoms with Gasteiger partial charge in [0.15, 0.2) is 11.6 Å². The highest BCUT2D eigenvalue weighted by atomic mass is 19.1. The summed E-state index contributed by atoms with van der Waals surface area (Å²) in [5.74, 6) is 0.0810. The first-order chi connectivity index (χ1) is 18.7. The molecule has 39 heavy (non-hydrogen) atoms. The summed E-state index contributed by atoms with van der Waals surface area (Å²) in [7, 11) is 0. The molecule has 0 bridgehead atoms. The number of aromatic nitrogens is 5. The quantitative estimate of drug-likeness (QED) is 0.370. The molecule has 4 heterocycles. The van der Waals surface area contributed by atoms with Gasteiger partial charge in [-0.05, 0) is 44.5 Å². The molecule has 1 aliphatic rings. The number of nitrogens with zero attached hydrogens (tertiary/aromatic N) is 7. The van der Waals surface area contributed by atoms with E-state index in [1.807, 2.05) is 31.4 Å². The van der Waals surface area contributed by atoms with Crippen molar-refractivity contribution in [2.45, 2.75) is 33.4 Å². The highest BCUT2D eigenvalue weighted by Crippen LogP contribution is 2.30. The van der Waals surface area contributed by atoms with E-state index in [0.717, 1.165) is 24.8 Å². The fourth-order valence-electron chi connectivity index (χ4n) is 4.94. The molecule has 0 spiro atoms.